The van der Waals surface area contributed by atoms with Crippen LogP contribution in [-0.2, 0) is 16.1 Å². The van der Waals surface area contributed by atoms with Gasteiger partial charge in [0.1, 0.15) is 17.1 Å². The number of carbonyl (C=O) groups is 1. The van der Waals surface area contributed by atoms with Gasteiger partial charge in [0.15, 0.2) is 0 Å². The zero-order chi connectivity index (χ0) is 32.1. The number of carbonyl (C=O) groups excluding carboxylic acids is 1. The van der Waals surface area contributed by atoms with E-state index in [0.29, 0.717) is 53.7 Å². The highest BCUT2D eigenvalue weighted by Gasteiger charge is 2.30. The molecule has 1 aromatic carbocycles. The van der Waals surface area contributed by atoms with Gasteiger partial charge < -0.3 is 34.2 Å². The quantitative estimate of drug-likeness (QED) is 0.217. The number of amides is 1. The van der Waals surface area contributed by atoms with E-state index in [0.717, 1.165) is 39.1 Å². The van der Waals surface area contributed by atoms with Crippen LogP contribution < -0.4 is 20.3 Å². The highest BCUT2D eigenvalue weighted by Crippen LogP contribution is 2.45. The number of benzene rings is 1. The second-order valence-electron chi connectivity index (χ2n) is 11.1. The molecule has 2 saturated heterocycles. The third kappa shape index (κ3) is 7.36. The number of anilines is 1. The third-order valence-corrected chi connectivity index (χ3v) is 8.95. The summed E-state index contributed by atoms with van der Waals surface area (Å²) in [5.41, 5.74) is 0.627. The largest absolute Gasteiger partial charge is 0.495 e. The Hall–Kier alpha value is -3.42. The van der Waals surface area contributed by atoms with Gasteiger partial charge in [-0.25, -0.2) is 4.98 Å². The maximum absolute atomic E-state index is 14.2. The Morgan fingerprint density at radius 1 is 1.09 bits per heavy atom. The van der Waals surface area contributed by atoms with Gasteiger partial charge in [-0.15, -0.1) is 0 Å². The highest BCUT2D eigenvalue weighted by molar-refractivity contribution is 6.41. The van der Waals surface area contributed by atoms with Crippen molar-refractivity contribution in [3.8, 4) is 22.6 Å². The molecule has 0 radical (unpaired) electrons. The predicted molar refractivity (Wildman–Crippen MR) is 176 cm³/mol. The van der Waals surface area contributed by atoms with Gasteiger partial charge in [0, 0.05) is 69.0 Å². The molecule has 0 saturated carbocycles. The minimum absolute atomic E-state index is 0.127. The molecule has 3 aromatic rings. The number of halogens is 2. The number of hydrogen-bond donors (Lipinski definition) is 1. The number of nitrogens with one attached hydrogen (secondary N) is 1. The van der Waals surface area contributed by atoms with E-state index in [4.69, 9.17) is 42.4 Å². The van der Waals surface area contributed by atoms with E-state index in [1.807, 2.05) is 0 Å². The zero-order valence-electron chi connectivity index (χ0n) is 25.9. The van der Waals surface area contributed by atoms with Crippen LogP contribution in [0.2, 0.25) is 10.0 Å². The Labute approximate surface area is 272 Å². The lowest BCUT2D eigenvalue weighted by atomic mass is 10.0. The number of ether oxygens (including phenoxy) is 3. The van der Waals surface area contributed by atoms with Gasteiger partial charge in [-0.05, 0) is 32.2 Å². The fourth-order valence-electron chi connectivity index (χ4n) is 5.49. The Morgan fingerprint density at radius 2 is 1.78 bits per heavy atom. The molecule has 242 valence electrons. The Bertz CT molecular complexity index is 1580. The fourth-order valence-corrected chi connectivity index (χ4v) is 6.19. The van der Waals surface area contributed by atoms with E-state index >= 15 is 0 Å². The lowest BCUT2D eigenvalue weighted by molar-refractivity contribution is -0.139. The number of nitrogens with zero attached hydrogens (tertiary/aromatic N) is 6. The van der Waals surface area contributed by atoms with Gasteiger partial charge in [-0.1, -0.05) is 29.8 Å². The standard InChI is InChI=1S/C31H39Cl2N7O5/c1-5-25(41)39-18-21(19-39)45-14-13-40-29-20(17-35-31(36-29)34-7-6-8-38-11-9-37(2)10-12-38)15-22(30(40)42)26-27(32)23(43-3)16-24(44-4)28(26)33/h5,15-17,21H,1,6-14,18-19H2,2-4H3,(H,34,35,36). The van der Waals surface area contributed by atoms with Crippen molar-refractivity contribution >= 4 is 46.1 Å². The molecule has 0 unspecified atom stereocenters. The van der Waals surface area contributed by atoms with Crippen LogP contribution in [0.15, 0.2) is 35.8 Å². The van der Waals surface area contributed by atoms with Gasteiger partial charge in [0.05, 0.1) is 49.1 Å². The van der Waals surface area contributed by atoms with Crippen LogP contribution in [0, 0.1) is 0 Å². The van der Waals surface area contributed by atoms with E-state index in [1.54, 1.807) is 27.8 Å². The molecule has 1 N–H and O–H groups in total. The monoisotopic (exact) mass is 659 g/mol. The Morgan fingerprint density at radius 3 is 2.42 bits per heavy atom. The van der Waals surface area contributed by atoms with Gasteiger partial charge >= 0.3 is 0 Å². The Balaban J connectivity index is 1.41. The van der Waals surface area contributed by atoms with Crippen LogP contribution in [0.25, 0.3) is 22.2 Å². The third-order valence-electron chi connectivity index (χ3n) is 8.20. The van der Waals surface area contributed by atoms with Gasteiger partial charge in [0.25, 0.3) is 5.56 Å². The lowest BCUT2D eigenvalue weighted by Gasteiger charge is -2.38. The number of piperazine rings is 1. The van der Waals surface area contributed by atoms with Crippen molar-refractivity contribution in [3.05, 3.63) is 51.4 Å². The van der Waals surface area contributed by atoms with Crippen LogP contribution in [0.4, 0.5) is 5.95 Å². The molecule has 0 atom stereocenters. The van der Waals surface area contributed by atoms with Crippen LogP contribution in [0.1, 0.15) is 6.42 Å². The first-order valence-electron chi connectivity index (χ1n) is 14.9. The minimum Gasteiger partial charge on any atom is -0.495 e. The molecular weight excluding hydrogens is 621 g/mol. The molecule has 0 bridgehead atoms. The van der Waals surface area contributed by atoms with Crippen molar-refractivity contribution in [2.24, 2.45) is 0 Å². The van der Waals surface area contributed by atoms with Crippen molar-refractivity contribution in [3.63, 3.8) is 0 Å². The average molecular weight is 661 g/mol. The zero-order valence-corrected chi connectivity index (χ0v) is 27.4. The number of fused-ring (bicyclic) bond motifs is 1. The summed E-state index contributed by atoms with van der Waals surface area (Å²) in [6, 6.07) is 3.26. The Kier molecular flexibility index (Phi) is 10.8. The summed E-state index contributed by atoms with van der Waals surface area (Å²) in [5.74, 6) is 0.934. The first-order valence-corrected chi connectivity index (χ1v) is 15.7. The normalized spacial score (nSPS) is 16.1. The number of hydrogen-bond acceptors (Lipinski definition) is 10. The maximum Gasteiger partial charge on any atom is 0.260 e. The van der Waals surface area contributed by atoms with Crippen molar-refractivity contribution in [1.29, 1.82) is 0 Å². The first kappa shape index (κ1) is 33.0. The summed E-state index contributed by atoms with van der Waals surface area (Å²) >= 11 is 13.4. The van der Waals surface area contributed by atoms with E-state index in [-0.39, 0.29) is 46.3 Å². The number of likely N-dealkylation sites (tertiary alicyclic amines) is 1. The molecule has 5 rings (SSSR count). The molecule has 45 heavy (non-hydrogen) atoms. The van der Waals surface area contributed by atoms with Crippen LogP contribution >= 0.6 is 23.2 Å². The first-order chi connectivity index (χ1) is 21.7. The summed E-state index contributed by atoms with van der Waals surface area (Å²) in [6.07, 6.45) is 3.77. The molecule has 0 spiro atoms. The average Bonchev–Trinajstić information content (AvgIpc) is 3.02. The smallest absolute Gasteiger partial charge is 0.260 e. The second-order valence-corrected chi connectivity index (χ2v) is 11.9. The van der Waals surface area contributed by atoms with Gasteiger partial charge in [-0.3, -0.25) is 14.2 Å². The molecule has 2 aliphatic rings. The lowest BCUT2D eigenvalue weighted by Crippen LogP contribution is -2.54. The predicted octanol–water partition coefficient (Wildman–Crippen LogP) is 3.25. The number of methoxy groups -OCH3 is 2. The molecule has 1 amide bonds. The number of aromatic nitrogens is 3. The molecule has 14 heteroatoms. The van der Waals surface area contributed by atoms with E-state index < -0.39 is 0 Å². The molecule has 2 aliphatic heterocycles. The summed E-state index contributed by atoms with van der Waals surface area (Å²) in [5, 5.41) is 4.30. The number of likely N-dealkylation sites (N-methyl/N-ethyl adjacent to an activating group) is 1. The van der Waals surface area contributed by atoms with Crippen LogP contribution in [-0.4, -0.2) is 121 Å². The molecule has 2 fully saturated rings. The molecule has 2 aromatic heterocycles. The summed E-state index contributed by atoms with van der Waals surface area (Å²) in [6.45, 7) is 10.9. The SMILES string of the molecule is C=CC(=O)N1CC(OCCn2c(=O)c(-c3c(Cl)c(OC)cc(OC)c3Cl)cc3cnc(NCCCN4CCN(C)CC4)nc32)C1. The minimum atomic E-state index is -0.359. The maximum atomic E-state index is 14.2. The van der Waals surface area contributed by atoms with Crippen molar-refractivity contribution in [1.82, 2.24) is 29.2 Å². The molecule has 0 aliphatic carbocycles. The second kappa shape index (κ2) is 14.8. The van der Waals surface area contributed by atoms with Gasteiger partial charge in [0.2, 0.25) is 11.9 Å². The van der Waals surface area contributed by atoms with E-state index in [2.05, 4.69) is 33.7 Å². The highest BCUT2D eigenvalue weighted by atomic mass is 35.5. The van der Waals surface area contributed by atoms with Crippen molar-refractivity contribution in [2.75, 3.05) is 85.5 Å². The topological polar surface area (TPSA) is 114 Å². The number of pyridine rings is 1. The van der Waals surface area contributed by atoms with Crippen molar-refractivity contribution in [2.45, 2.75) is 19.1 Å². The summed E-state index contributed by atoms with van der Waals surface area (Å²) in [7, 11) is 5.10. The molecule has 12 nitrogen and oxygen atoms in total. The fraction of sp³-hybridized carbons (Fsp3) is 0.484. The van der Waals surface area contributed by atoms with Gasteiger partial charge in [-0.2, -0.15) is 4.98 Å². The molecular formula is C31H39Cl2N7O5. The van der Waals surface area contributed by atoms with E-state index in [1.165, 1.54) is 20.3 Å². The summed E-state index contributed by atoms with van der Waals surface area (Å²) < 4.78 is 18.4. The number of rotatable bonds is 13. The van der Waals surface area contributed by atoms with E-state index in [9.17, 15) is 9.59 Å². The van der Waals surface area contributed by atoms with Crippen molar-refractivity contribution < 1.29 is 19.0 Å². The van der Waals surface area contributed by atoms with Crippen LogP contribution in [0.3, 0.4) is 0 Å². The van der Waals surface area contributed by atoms with Crippen LogP contribution in [0.5, 0.6) is 11.5 Å². The molecule has 4 heterocycles. The summed E-state index contributed by atoms with van der Waals surface area (Å²) in [4.78, 5) is 41.7.